The van der Waals surface area contributed by atoms with Crippen LogP contribution in [0.2, 0.25) is 0 Å². The van der Waals surface area contributed by atoms with Gasteiger partial charge in [0.25, 0.3) is 0 Å². The van der Waals surface area contributed by atoms with Gasteiger partial charge in [-0.25, -0.2) is 0 Å². The highest BCUT2D eigenvalue weighted by atomic mass is 16.2. The average Bonchev–Trinajstić information content (AvgIpc) is 2.53. The molecule has 18 heavy (non-hydrogen) atoms. The first-order chi connectivity index (χ1) is 8.70. The van der Waals surface area contributed by atoms with Gasteiger partial charge in [-0.3, -0.25) is 9.59 Å². The standard InChI is InChI=1S/C14H18N2O2/c1-2-3-8-14(18)16-9-11-6-4-5-7-12(11)15-13(17)10-16/h4-7H,2-3,8-10H2,1H3,(H,15,17). The minimum Gasteiger partial charge on any atom is -0.329 e. The van der Waals surface area contributed by atoms with Crippen molar-refractivity contribution in [3.63, 3.8) is 0 Å². The highest BCUT2D eigenvalue weighted by Crippen LogP contribution is 2.20. The van der Waals surface area contributed by atoms with Crippen molar-refractivity contribution in [2.24, 2.45) is 0 Å². The van der Waals surface area contributed by atoms with Crippen molar-refractivity contribution in [2.75, 3.05) is 11.9 Å². The van der Waals surface area contributed by atoms with Crippen LogP contribution in [0.5, 0.6) is 0 Å². The van der Waals surface area contributed by atoms with Crippen LogP contribution in [0, 0.1) is 0 Å². The molecular weight excluding hydrogens is 228 g/mol. The summed E-state index contributed by atoms with van der Waals surface area (Å²) < 4.78 is 0. The van der Waals surface area contributed by atoms with E-state index >= 15 is 0 Å². The molecule has 2 rings (SSSR count). The molecule has 0 atom stereocenters. The van der Waals surface area contributed by atoms with E-state index < -0.39 is 0 Å². The highest BCUT2D eigenvalue weighted by Gasteiger charge is 2.22. The van der Waals surface area contributed by atoms with Crippen molar-refractivity contribution >= 4 is 17.5 Å². The molecule has 4 nitrogen and oxygen atoms in total. The number of rotatable bonds is 3. The minimum atomic E-state index is -0.121. The van der Waals surface area contributed by atoms with Gasteiger partial charge in [0.05, 0.1) is 0 Å². The fraction of sp³-hybridized carbons (Fsp3) is 0.429. The Balaban J connectivity index is 2.15. The summed E-state index contributed by atoms with van der Waals surface area (Å²) in [7, 11) is 0. The van der Waals surface area contributed by atoms with Gasteiger partial charge in [0, 0.05) is 18.7 Å². The summed E-state index contributed by atoms with van der Waals surface area (Å²) in [6, 6.07) is 7.62. The molecule has 0 saturated carbocycles. The number of para-hydroxylation sites is 1. The van der Waals surface area contributed by atoms with E-state index in [2.05, 4.69) is 12.2 Å². The third-order valence-corrected chi connectivity index (χ3v) is 3.08. The molecule has 1 aliphatic heterocycles. The first-order valence-corrected chi connectivity index (χ1v) is 6.36. The van der Waals surface area contributed by atoms with Crippen molar-refractivity contribution < 1.29 is 9.59 Å². The maximum atomic E-state index is 12.0. The number of carbonyl (C=O) groups excluding carboxylic acids is 2. The van der Waals surface area contributed by atoms with Crippen LogP contribution in [-0.4, -0.2) is 23.3 Å². The maximum Gasteiger partial charge on any atom is 0.244 e. The second-order valence-corrected chi connectivity index (χ2v) is 4.56. The first-order valence-electron chi connectivity index (χ1n) is 6.36. The second kappa shape index (κ2) is 5.67. The summed E-state index contributed by atoms with van der Waals surface area (Å²) in [6.07, 6.45) is 2.38. The normalized spacial score (nSPS) is 14.7. The maximum absolute atomic E-state index is 12.0. The molecule has 2 amide bonds. The van der Waals surface area contributed by atoms with E-state index in [0.29, 0.717) is 13.0 Å². The molecule has 1 N–H and O–H groups in total. The van der Waals surface area contributed by atoms with Gasteiger partial charge < -0.3 is 10.2 Å². The third-order valence-electron chi connectivity index (χ3n) is 3.08. The minimum absolute atomic E-state index is 0.0590. The van der Waals surface area contributed by atoms with Gasteiger partial charge >= 0.3 is 0 Å². The fourth-order valence-electron chi connectivity index (χ4n) is 2.07. The number of unbranched alkanes of at least 4 members (excludes halogenated alkanes) is 1. The summed E-state index contributed by atoms with van der Waals surface area (Å²) in [5.41, 5.74) is 1.81. The lowest BCUT2D eigenvalue weighted by Crippen LogP contribution is -2.35. The van der Waals surface area contributed by atoms with E-state index in [9.17, 15) is 9.59 Å². The Morgan fingerprint density at radius 2 is 2.11 bits per heavy atom. The number of nitrogens with zero attached hydrogens (tertiary/aromatic N) is 1. The molecule has 1 aliphatic rings. The predicted molar refractivity (Wildman–Crippen MR) is 70.0 cm³/mol. The van der Waals surface area contributed by atoms with Crippen molar-refractivity contribution in [2.45, 2.75) is 32.7 Å². The largest absolute Gasteiger partial charge is 0.329 e. The van der Waals surface area contributed by atoms with Crippen LogP contribution in [0.3, 0.4) is 0 Å². The Bertz CT molecular complexity index is 457. The molecule has 0 saturated heterocycles. The fourth-order valence-corrected chi connectivity index (χ4v) is 2.07. The van der Waals surface area contributed by atoms with E-state index in [1.165, 1.54) is 0 Å². The quantitative estimate of drug-likeness (QED) is 0.888. The Morgan fingerprint density at radius 1 is 1.33 bits per heavy atom. The van der Waals surface area contributed by atoms with Gasteiger partial charge in [0.1, 0.15) is 6.54 Å². The zero-order chi connectivity index (χ0) is 13.0. The average molecular weight is 246 g/mol. The Kier molecular flexibility index (Phi) is 3.97. The molecule has 0 fully saturated rings. The summed E-state index contributed by atoms with van der Waals surface area (Å²) in [4.78, 5) is 25.4. The molecule has 0 bridgehead atoms. The second-order valence-electron chi connectivity index (χ2n) is 4.56. The molecular formula is C14H18N2O2. The van der Waals surface area contributed by atoms with Gasteiger partial charge in [-0.15, -0.1) is 0 Å². The van der Waals surface area contributed by atoms with E-state index in [1.54, 1.807) is 4.90 Å². The van der Waals surface area contributed by atoms with Gasteiger partial charge in [0.2, 0.25) is 11.8 Å². The van der Waals surface area contributed by atoms with Gasteiger partial charge in [0.15, 0.2) is 0 Å². The predicted octanol–water partition coefficient (Wildman–Crippen LogP) is 2.16. The SMILES string of the molecule is CCCCC(=O)N1CC(=O)Nc2ccccc2C1. The van der Waals surface area contributed by atoms with Crippen LogP contribution in [0.4, 0.5) is 5.69 Å². The van der Waals surface area contributed by atoms with Crippen LogP contribution < -0.4 is 5.32 Å². The van der Waals surface area contributed by atoms with Crippen LogP contribution in [-0.2, 0) is 16.1 Å². The molecule has 4 heteroatoms. The molecule has 0 spiro atoms. The molecule has 96 valence electrons. The van der Waals surface area contributed by atoms with Crippen LogP contribution in [0.25, 0.3) is 0 Å². The summed E-state index contributed by atoms with van der Waals surface area (Å²) in [5.74, 6) is -0.0616. The molecule has 0 aromatic heterocycles. The van der Waals surface area contributed by atoms with E-state index in [-0.39, 0.29) is 18.4 Å². The topological polar surface area (TPSA) is 49.4 Å². The van der Waals surface area contributed by atoms with Crippen LogP contribution in [0.1, 0.15) is 31.7 Å². The summed E-state index contributed by atoms with van der Waals surface area (Å²) >= 11 is 0. The zero-order valence-corrected chi connectivity index (χ0v) is 10.6. The van der Waals surface area contributed by atoms with Crippen molar-refractivity contribution in [3.8, 4) is 0 Å². The lowest BCUT2D eigenvalue weighted by molar-refractivity contribution is -0.135. The first kappa shape index (κ1) is 12.6. The molecule has 1 aromatic carbocycles. The molecule has 0 radical (unpaired) electrons. The number of hydrogen-bond acceptors (Lipinski definition) is 2. The smallest absolute Gasteiger partial charge is 0.244 e. The molecule has 0 aliphatic carbocycles. The molecule has 0 unspecified atom stereocenters. The lowest BCUT2D eigenvalue weighted by atomic mass is 10.1. The number of anilines is 1. The van der Waals surface area contributed by atoms with E-state index in [0.717, 1.165) is 24.1 Å². The van der Waals surface area contributed by atoms with Crippen molar-refractivity contribution in [1.29, 1.82) is 0 Å². The number of nitrogens with one attached hydrogen (secondary N) is 1. The van der Waals surface area contributed by atoms with Gasteiger partial charge in [-0.05, 0) is 18.1 Å². The zero-order valence-electron chi connectivity index (χ0n) is 10.6. The van der Waals surface area contributed by atoms with E-state index in [1.807, 2.05) is 24.3 Å². The van der Waals surface area contributed by atoms with Crippen molar-refractivity contribution in [3.05, 3.63) is 29.8 Å². The number of fused-ring (bicyclic) bond motifs is 1. The highest BCUT2D eigenvalue weighted by molar-refractivity contribution is 5.96. The Morgan fingerprint density at radius 3 is 2.89 bits per heavy atom. The Hall–Kier alpha value is -1.84. The van der Waals surface area contributed by atoms with Gasteiger partial charge in [-0.2, -0.15) is 0 Å². The number of hydrogen-bond donors (Lipinski definition) is 1. The van der Waals surface area contributed by atoms with E-state index in [4.69, 9.17) is 0 Å². The van der Waals surface area contributed by atoms with Gasteiger partial charge in [-0.1, -0.05) is 31.5 Å². The van der Waals surface area contributed by atoms with Crippen LogP contribution >= 0.6 is 0 Å². The monoisotopic (exact) mass is 246 g/mol. The summed E-state index contributed by atoms with van der Waals surface area (Å²) in [5, 5.41) is 2.83. The number of benzene rings is 1. The molecule has 1 heterocycles. The number of amides is 2. The lowest BCUT2D eigenvalue weighted by Gasteiger charge is -2.19. The third kappa shape index (κ3) is 2.88. The van der Waals surface area contributed by atoms with Crippen molar-refractivity contribution in [1.82, 2.24) is 4.90 Å². The number of carbonyl (C=O) groups is 2. The Labute approximate surface area is 107 Å². The summed E-state index contributed by atoms with van der Waals surface area (Å²) in [6.45, 7) is 2.71. The van der Waals surface area contributed by atoms with Crippen LogP contribution in [0.15, 0.2) is 24.3 Å². The molecule has 1 aromatic rings.